The third-order valence-electron chi connectivity index (χ3n) is 3.70. The third-order valence-corrected chi connectivity index (χ3v) is 3.70. The lowest BCUT2D eigenvalue weighted by molar-refractivity contribution is 0.100. The number of aryl methyl sites for hydroxylation is 1. The van der Waals surface area contributed by atoms with Crippen molar-refractivity contribution in [1.29, 1.82) is 0 Å². The van der Waals surface area contributed by atoms with Gasteiger partial charge in [-0.3, -0.25) is 9.36 Å². The maximum atomic E-state index is 11.2. The summed E-state index contributed by atoms with van der Waals surface area (Å²) in [5.41, 5.74) is 9.63. The average molecular weight is 295 g/mol. The molecule has 0 fully saturated rings. The number of primary amides is 1. The summed E-state index contributed by atoms with van der Waals surface area (Å²) in [4.78, 5) is 15.8. The number of fused-ring (bicyclic) bond motifs is 1. The highest BCUT2D eigenvalue weighted by Gasteiger charge is 2.13. The van der Waals surface area contributed by atoms with Gasteiger partial charge < -0.3 is 10.8 Å². The van der Waals surface area contributed by atoms with Crippen LogP contribution in [0.15, 0.2) is 42.5 Å². The molecular weight excluding hydrogens is 278 g/mol. The van der Waals surface area contributed by atoms with Gasteiger partial charge in [0.2, 0.25) is 5.91 Å². The van der Waals surface area contributed by atoms with Crippen molar-refractivity contribution in [1.82, 2.24) is 9.55 Å². The number of aromatic nitrogens is 2. The van der Waals surface area contributed by atoms with E-state index in [4.69, 9.17) is 5.73 Å². The molecule has 2 aromatic carbocycles. The number of aliphatic hydroxyl groups excluding tert-OH is 1. The summed E-state index contributed by atoms with van der Waals surface area (Å²) in [6, 6.07) is 13.1. The van der Waals surface area contributed by atoms with E-state index in [1.165, 1.54) is 0 Å². The molecule has 1 heterocycles. The number of aliphatic hydroxyl groups is 1. The SMILES string of the molecule is Cc1cccc2c1nc(CCO)n2-c1ccc(C(N)=O)cc1. The number of hydrogen-bond donors (Lipinski definition) is 2. The Morgan fingerprint density at radius 1 is 1.23 bits per heavy atom. The molecule has 112 valence electrons. The van der Waals surface area contributed by atoms with E-state index in [0.717, 1.165) is 28.1 Å². The van der Waals surface area contributed by atoms with E-state index in [1.807, 2.05) is 41.8 Å². The second-order valence-corrected chi connectivity index (χ2v) is 5.19. The number of carbonyl (C=O) groups excluding carboxylic acids is 1. The maximum Gasteiger partial charge on any atom is 0.248 e. The largest absolute Gasteiger partial charge is 0.396 e. The molecule has 1 aromatic heterocycles. The fraction of sp³-hybridized carbons (Fsp3) is 0.176. The number of benzene rings is 2. The van der Waals surface area contributed by atoms with Crippen LogP contribution in [0, 0.1) is 6.92 Å². The van der Waals surface area contributed by atoms with Crippen LogP contribution in [0.2, 0.25) is 0 Å². The molecule has 0 saturated carbocycles. The number of amides is 1. The Balaban J connectivity index is 2.21. The van der Waals surface area contributed by atoms with Crippen LogP contribution in [-0.4, -0.2) is 27.2 Å². The van der Waals surface area contributed by atoms with E-state index < -0.39 is 5.91 Å². The quantitative estimate of drug-likeness (QED) is 0.772. The third kappa shape index (κ3) is 2.35. The van der Waals surface area contributed by atoms with E-state index in [-0.39, 0.29) is 6.61 Å². The van der Waals surface area contributed by atoms with Crippen molar-refractivity contribution >= 4 is 16.9 Å². The fourth-order valence-corrected chi connectivity index (χ4v) is 2.62. The van der Waals surface area contributed by atoms with Gasteiger partial charge in [0.05, 0.1) is 17.6 Å². The number of para-hydroxylation sites is 1. The van der Waals surface area contributed by atoms with Crippen LogP contribution in [0.4, 0.5) is 0 Å². The number of nitrogens with zero attached hydrogens (tertiary/aromatic N) is 2. The van der Waals surface area contributed by atoms with Crippen LogP contribution >= 0.6 is 0 Å². The van der Waals surface area contributed by atoms with Gasteiger partial charge >= 0.3 is 0 Å². The highest BCUT2D eigenvalue weighted by molar-refractivity contribution is 5.93. The molecule has 3 rings (SSSR count). The summed E-state index contributed by atoms with van der Waals surface area (Å²) < 4.78 is 2.00. The van der Waals surface area contributed by atoms with Crippen molar-refractivity contribution < 1.29 is 9.90 Å². The van der Waals surface area contributed by atoms with Crippen LogP contribution in [-0.2, 0) is 6.42 Å². The van der Waals surface area contributed by atoms with Crippen molar-refractivity contribution in [3.63, 3.8) is 0 Å². The normalized spacial score (nSPS) is 11.0. The Morgan fingerprint density at radius 3 is 2.59 bits per heavy atom. The van der Waals surface area contributed by atoms with Crippen LogP contribution in [0.3, 0.4) is 0 Å². The Hall–Kier alpha value is -2.66. The second-order valence-electron chi connectivity index (χ2n) is 5.19. The van der Waals surface area contributed by atoms with Gasteiger partial charge in [-0.1, -0.05) is 12.1 Å². The molecule has 1 amide bonds. The molecule has 0 aliphatic carbocycles. The monoisotopic (exact) mass is 295 g/mol. The lowest BCUT2D eigenvalue weighted by Gasteiger charge is -2.09. The topological polar surface area (TPSA) is 81.1 Å². The summed E-state index contributed by atoms with van der Waals surface area (Å²) in [6.45, 7) is 2.04. The second kappa shape index (κ2) is 5.61. The van der Waals surface area contributed by atoms with E-state index in [9.17, 15) is 9.90 Å². The van der Waals surface area contributed by atoms with Gasteiger partial charge in [-0.25, -0.2) is 4.98 Å². The minimum Gasteiger partial charge on any atom is -0.396 e. The number of imidazole rings is 1. The molecule has 5 heteroatoms. The summed E-state index contributed by atoms with van der Waals surface area (Å²) >= 11 is 0. The Labute approximate surface area is 128 Å². The average Bonchev–Trinajstić information content (AvgIpc) is 2.87. The van der Waals surface area contributed by atoms with E-state index in [2.05, 4.69) is 4.98 Å². The molecule has 3 N–H and O–H groups in total. The maximum absolute atomic E-state index is 11.2. The first-order valence-electron chi connectivity index (χ1n) is 7.10. The molecular formula is C17H17N3O2. The van der Waals surface area contributed by atoms with Crippen LogP contribution in [0.5, 0.6) is 0 Å². The summed E-state index contributed by atoms with van der Waals surface area (Å²) in [6.07, 6.45) is 0.464. The lowest BCUT2D eigenvalue weighted by Crippen LogP contribution is -2.11. The molecule has 0 atom stereocenters. The molecule has 0 saturated heterocycles. The molecule has 0 spiro atoms. The highest BCUT2D eigenvalue weighted by Crippen LogP contribution is 2.24. The first kappa shape index (κ1) is 14.3. The van der Waals surface area contributed by atoms with E-state index >= 15 is 0 Å². The highest BCUT2D eigenvalue weighted by atomic mass is 16.3. The van der Waals surface area contributed by atoms with E-state index in [0.29, 0.717) is 12.0 Å². The van der Waals surface area contributed by atoms with Gasteiger partial charge in [-0.05, 0) is 42.8 Å². The van der Waals surface area contributed by atoms with E-state index in [1.54, 1.807) is 12.1 Å². The Kier molecular flexibility index (Phi) is 3.65. The van der Waals surface area contributed by atoms with Crippen LogP contribution in [0.25, 0.3) is 16.7 Å². The van der Waals surface area contributed by atoms with Crippen molar-refractivity contribution in [2.75, 3.05) is 6.61 Å². The van der Waals surface area contributed by atoms with Crippen LogP contribution < -0.4 is 5.73 Å². The number of rotatable bonds is 4. The summed E-state index contributed by atoms with van der Waals surface area (Å²) in [7, 11) is 0. The van der Waals surface area contributed by atoms with Gasteiger partial charge in [0.15, 0.2) is 0 Å². The van der Waals surface area contributed by atoms with Gasteiger partial charge in [-0.15, -0.1) is 0 Å². The van der Waals surface area contributed by atoms with Crippen molar-refractivity contribution in [3.05, 3.63) is 59.4 Å². The molecule has 22 heavy (non-hydrogen) atoms. The standard InChI is InChI=1S/C17H17N3O2/c1-11-3-2-4-14-16(11)19-15(9-10-21)20(14)13-7-5-12(6-8-13)17(18)22/h2-8,21H,9-10H2,1H3,(H2,18,22). The van der Waals surface area contributed by atoms with Gasteiger partial charge in [0.25, 0.3) is 0 Å². The predicted molar refractivity (Wildman–Crippen MR) is 85.1 cm³/mol. The van der Waals surface area contributed by atoms with Gasteiger partial charge in [0.1, 0.15) is 5.82 Å². The smallest absolute Gasteiger partial charge is 0.248 e. The van der Waals surface area contributed by atoms with Crippen molar-refractivity contribution in [2.24, 2.45) is 5.73 Å². The number of nitrogens with two attached hydrogens (primary N) is 1. The molecule has 0 aliphatic heterocycles. The lowest BCUT2D eigenvalue weighted by atomic mass is 10.2. The number of carbonyl (C=O) groups is 1. The zero-order valence-electron chi connectivity index (χ0n) is 12.3. The first-order chi connectivity index (χ1) is 10.6. The summed E-state index contributed by atoms with van der Waals surface area (Å²) in [5, 5.41) is 9.29. The van der Waals surface area contributed by atoms with Crippen LogP contribution in [0.1, 0.15) is 21.7 Å². The summed E-state index contributed by atoms with van der Waals surface area (Å²) in [5.74, 6) is 0.340. The van der Waals surface area contributed by atoms with Crippen molar-refractivity contribution in [3.8, 4) is 5.69 Å². The first-order valence-corrected chi connectivity index (χ1v) is 7.10. The van der Waals surface area contributed by atoms with Gasteiger partial charge in [-0.2, -0.15) is 0 Å². The molecule has 0 bridgehead atoms. The van der Waals surface area contributed by atoms with Crippen molar-refractivity contribution in [2.45, 2.75) is 13.3 Å². The fourth-order valence-electron chi connectivity index (χ4n) is 2.62. The minimum absolute atomic E-state index is 0.0295. The Morgan fingerprint density at radius 2 is 1.95 bits per heavy atom. The van der Waals surface area contributed by atoms with Gasteiger partial charge in [0, 0.05) is 17.7 Å². The molecule has 0 unspecified atom stereocenters. The molecule has 5 nitrogen and oxygen atoms in total. The Bertz CT molecular complexity index is 835. The molecule has 3 aromatic rings. The zero-order chi connectivity index (χ0) is 15.7. The minimum atomic E-state index is -0.450. The predicted octanol–water partition coefficient (Wildman–Crippen LogP) is 1.97. The zero-order valence-corrected chi connectivity index (χ0v) is 12.3. The molecule has 0 radical (unpaired) electrons. The number of hydrogen-bond acceptors (Lipinski definition) is 3. The molecule has 0 aliphatic rings.